The van der Waals surface area contributed by atoms with E-state index in [9.17, 15) is 9.18 Å². The van der Waals surface area contributed by atoms with Crippen LogP contribution in [0.1, 0.15) is 23.7 Å². The molecule has 164 valence electrons. The quantitative estimate of drug-likeness (QED) is 0.387. The number of rotatable bonds is 9. The van der Waals surface area contributed by atoms with E-state index in [4.69, 9.17) is 5.10 Å². The fourth-order valence-electron chi connectivity index (χ4n) is 3.98. The van der Waals surface area contributed by atoms with Gasteiger partial charge in [0.15, 0.2) is 0 Å². The van der Waals surface area contributed by atoms with E-state index >= 15 is 0 Å². The Morgan fingerprint density at radius 3 is 2.25 bits per heavy atom. The van der Waals surface area contributed by atoms with Crippen molar-refractivity contribution in [2.45, 2.75) is 26.3 Å². The van der Waals surface area contributed by atoms with Crippen LogP contribution < -0.4 is 5.56 Å². The first kappa shape index (κ1) is 21.9. The van der Waals surface area contributed by atoms with Crippen LogP contribution in [0, 0.1) is 5.82 Å². The first-order valence-corrected chi connectivity index (χ1v) is 11.1. The lowest BCUT2D eigenvalue weighted by Crippen LogP contribution is -2.34. The number of hydrogen-bond donors (Lipinski definition) is 0. The van der Waals surface area contributed by atoms with Gasteiger partial charge >= 0.3 is 0 Å². The third-order valence-electron chi connectivity index (χ3n) is 5.86. The van der Waals surface area contributed by atoms with Crippen LogP contribution in [0.5, 0.6) is 0 Å². The smallest absolute Gasteiger partial charge is 0.274 e. The molecule has 4 rings (SSSR count). The summed E-state index contributed by atoms with van der Waals surface area (Å²) in [6, 6.07) is 24.5. The lowest BCUT2D eigenvalue weighted by molar-refractivity contribution is 0.272. The molecule has 0 aliphatic carbocycles. The minimum Gasteiger partial charge on any atom is -0.301 e. The molecule has 5 heteroatoms. The van der Waals surface area contributed by atoms with Crippen LogP contribution >= 0.6 is 0 Å². The number of fused-ring (bicyclic) bond motifs is 1. The molecule has 0 aliphatic rings. The van der Waals surface area contributed by atoms with E-state index in [-0.39, 0.29) is 11.4 Å². The first-order chi connectivity index (χ1) is 15.6. The van der Waals surface area contributed by atoms with Crippen LogP contribution in [0.4, 0.5) is 4.39 Å². The number of halogens is 1. The Labute approximate surface area is 187 Å². The summed E-state index contributed by atoms with van der Waals surface area (Å²) in [6.45, 7) is 5.28. The van der Waals surface area contributed by atoms with Crippen molar-refractivity contribution in [3.8, 4) is 0 Å². The number of likely N-dealkylation sites (N-methyl/N-ethyl adjacent to an activating group) is 1. The van der Waals surface area contributed by atoms with E-state index in [0.29, 0.717) is 18.4 Å². The Balaban J connectivity index is 1.54. The second kappa shape index (κ2) is 10.3. The highest BCUT2D eigenvalue weighted by Gasteiger charge is 2.12. The summed E-state index contributed by atoms with van der Waals surface area (Å²) in [7, 11) is 0. The van der Waals surface area contributed by atoms with E-state index in [1.54, 1.807) is 16.8 Å². The van der Waals surface area contributed by atoms with Crippen molar-refractivity contribution in [1.82, 2.24) is 14.7 Å². The Bertz CT molecular complexity index is 1220. The molecule has 0 saturated carbocycles. The van der Waals surface area contributed by atoms with Gasteiger partial charge < -0.3 is 4.90 Å². The Morgan fingerprint density at radius 1 is 0.844 bits per heavy atom. The summed E-state index contributed by atoms with van der Waals surface area (Å²) in [4.78, 5) is 15.4. The van der Waals surface area contributed by atoms with Crippen LogP contribution in [0.3, 0.4) is 0 Å². The predicted octanol–water partition coefficient (Wildman–Crippen LogP) is 4.69. The van der Waals surface area contributed by atoms with E-state index in [1.807, 2.05) is 30.3 Å². The zero-order valence-corrected chi connectivity index (χ0v) is 18.4. The Hall–Kier alpha value is -3.31. The molecule has 0 unspecified atom stereocenters. The first-order valence-electron chi connectivity index (χ1n) is 11.1. The third-order valence-corrected chi connectivity index (χ3v) is 5.86. The average molecular weight is 430 g/mol. The molecule has 4 aromatic rings. The third kappa shape index (κ3) is 5.29. The van der Waals surface area contributed by atoms with Crippen molar-refractivity contribution in [3.05, 3.63) is 112 Å². The summed E-state index contributed by atoms with van der Waals surface area (Å²) >= 11 is 0. The molecule has 1 aromatic heterocycles. The van der Waals surface area contributed by atoms with Crippen LogP contribution in [0.15, 0.2) is 83.7 Å². The van der Waals surface area contributed by atoms with Gasteiger partial charge in [-0.15, -0.1) is 0 Å². The molecular formula is C27H28FN3O. The zero-order valence-electron chi connectivity index (χ0n) is 18.4. The van der Waals surface area contributed by atoms with Gasteiger partial charge in [-0.25, -0.2) is 9.07 Å². The fraction of sp³-hybridized carbons (Fsp3) is 0.259. The minimum absolute atomic E-state index is 0.0671. The number of benzene rings is 3. The second-order valence-corrected chi connectivity index (χ2v) is 7.99. The maximum atomic E-state index is 13.3. The zero-order chi connectivity index (χ0) is 22.3. The molecule has 0 fully saturated rings. The lowest BCUT2D eigenvalue weighted by atomic mass is 10.0. The molecule has 0 radical (unpaired) electrons. The van der Waals surface area contributed by atoms with Crippen molar-refractivity contribution >= 4 is 10.8 Å². The molecule has 0 atom stereocenters. The molecular weight excluding hydrogens is 401 g/mol. The Kier molecular flexibility index (Phi) is 7.07. The van der Waals surface area contributed by atoms with Gasteiger partial charge in [0, 0.05) is 24.9 Å². The lowest BCUT2D eigenvalue weighted by Gasteiger charge is -2.21. The monoisotopic (exact) mass is 429 g/mol. The molecule has 1 heterocycles. The van der Waals surface area contributed by atoms with Gasteiger partial charge in [0.1, 0.15) is 5.82 Å². The SMILES string of the molecule is CCN(CCc1ccccc1)CCn1nc(Cc2ccc(F)cc2)c2ccccc2c1=O. The molecule has 3 aromatic carbocycles. The van der Waals surface area contributed by atoms with Gasteiger partial charge in [-0.05, 0) is 42.3 Å². The topological polar surface area (TPSA) is 38.1 Å². The van der Waals surface area contributed by atoms with E-state index in [2.05, 4.69) is 36.1 Å². The fourth-order valence-corrected chi connectivity index (χ4v) is 3.98. The molecule has 0 spiro atoms. The average Bonchev–Trinajstić information content (AvgIpc) is 2.84. The molecule has 0 N–H and O–H groups in total. The molecule has 0 saturated heterocycles. The number of hydrogen-bond acceptors (Lipinski definition) is 3. The number of nitrogens with zero attached hydrogens (tertiary/aromatic N) is 3. The maximum Gasteiger partial charge on any atom is 0.274 e. The van der Waals surface area contributed by atoms with Crippen molar-refractivity contribution < 1.29 is 4.39 Å². The molecule has 0 amide bonds. The maximum absolute atomic E-state index is 13.3. The normalized spacial score (nSPS) is 11.3. The predicted molar refractivity (Wildman–Crippen MR) is 127 cm³/mol. The van der Waals surface area contributed by atoms with Gasteiger partial charge in [0.25, 0.3) is 5.56 Å². The number of aromatic nitrogens is 2. The van der Waals surface area contributed by atoms with Crippen LogP contribution in [-0.2, 0) is 19.4 Å². The van der Waals surface area contributed by atoms with Crippen molar-refractivity contribution in [1.29, 1.82) is 0 Å². The highest BCUT2D eigenvalue weighted by molar-refractivity contribution is 5.83. The highest BCUT2D eigenvalue weighted by atomic mass is 19.1. The van der Waals surface area contributed by atoms with Gasteiger partial charge in [0.05, 0.1) is 17.6 Å². The molecule has 4 nitrogen and oxygen atoms in total. The summed E-state index contributed by atoms with van der Waals surface area (Å²) in [5.41, 5.74) is 3.04. The molecule has 0 bridgehead atoms. The summed E-state index contributed by atoms with van der Waals surface area (Å²) < 4.78 is 14.9. The summed E-state index contributed by atoms with van der Waals surface area (Å²) in [5, 5.41) is 6.26. The van der Waals surface area contributed by atoms with Gasteiger partial charge in [-0.2, -0.15) is 5.10 Å². The van der Waals surface area contributed by atoms with Crippen molar-refractivity contribution in [2.24, 2.45) is 0 Å². The second-order valence-electron chi connectivity index (χ2n) is 7.99. The summed E-state index contributed by atoms with van der Waals surface area (Å²) in [5.74, 6) is -0.258. The van der Waals surface area contributed by atoms with Crippen molar-refractivity contribution in [3.63, 3.8) is 0 Å². The van der Waals surface area contributed by atoms with E-state index < -0.39 is 0 Å². The van der Waals surface area contributed by atoms with E-state index in [0.717, 1.165) is 42.7 Å². The standard InChI is InChI=1S/C27H28FN3O/c1-2-30(17-16-21-8-4-3-5-9-21)18-19-31-27(32)25-11-7-6-10-24(25)26(29-31)20-22-12-14-23(28)15-13-22/h3-15H,2,16-20H2,1H3. The van der Waals surface area contributed by atoms with Crippen LogP contribution in [0.2, 0.25) is 0 Å². The van der Waals surface area contributed by atoms with E-state index in [1.165, 1.54) is 17.7 Å². The minimum atomic E-state index is -0.258. The van der Waals surface area contributed by atoms with Crippen LogP contribution in [-0.4, -0.2) is 34.3 Å². The molecule has 32 heavy (non-hydrogen) atoms. The van der Waals surface area contributed by atoms with Gasteiger partial charge in [-0.1, -0.05) is 67.6 Å². The van der Waals surface area contributed by atoms with Gasteiger partial charge in [0.2, 0.25) is 0 Å². The Morgan fingerprint density at radius 2 is 1.53 bits per heavy atom. The largest absolute Gasteiger partial charge is 0.301 e. The highest BCUT2D eigenvalue weighted by Crippen LogP contribution is 2.17. The summed E-state index contributed by atoms with van der Waals surface area (Å²) in [6.07, 6.45) is 1.52. The molecule has 0 aliphatic heterocycles. The van der Waals surface area contributed by atoms with Crippen molar-refractivity contribution in [2.75, 3.05) is 19.6 Å². The van der Waals surface area contributed by atoms with Crippen LogP contribution in [0.25, 0.3) is 10.8 Å². The van der Waals surface area contributed by atoms with Gasteiger partial charge in [-0.3, -0.25) is 4.79 Å².